The lowest BCUT2D eigenvalue weighted by atomic mass is 10.1. The fraction of sp³-hybridized carbons (Fsp3) is 0.368. The maximum absolute atomic E-state index is 13.0. The number of hydrogen-bond acceptors (Lipinski definition) is 3. The summed E-state index contributed by atoms with van der Waals surface area (Å²) in [6.45, 7) is 6.64. The summed E-state index contributed by atoms with van der Waals surface area (Å²) in [5, 5.41) is 0.966. The van der Waals surface area contributed by atoms with Crippen LogP contribution in [0.3, 0.4) is 0 Å². The maximum Gasteiger partial charge on any atom is 0.266 e. The van der Waals surface area contributed by atoms with Crippen LogP contribution < -0.4 is 0 Å². The minimum Gasteiger partial charge on any atom is -0.322 e. The molecule has 0 unspecified atom stereocenters. The monoisotopic (exact) mass is 344 g/mol. The Bertz CT molecular complexity index is 744. The molecule has 1 aromatic heterocycles. The van der Waals surface area contributed by atoms with Crippen molar-refractivity contribution in [1.82, 2.24) is 9.88 Å². The number of amides is 1. The molecule has 126 valence electrons. The first-order valence-electron chi connectivity index (χ1n) is 7.84. The van der Waals surface area contributed by atoms with Gasteiger partial charge in [-0.25, -0.2) is 9.37 Å². The number of nitrogens with zero attached hydrogens (tertiary/aromatic N) is 2. The fourth-order valence-electron chi connectivity index (χ4n) is 2.35. The van der Waals surface area contributed by atoms with Crippen LogP contribution in [0.1, 0.15) is 39.8 Å². The molecule has 0 aliphatic heterocycles. The molecule has 2 rings (SSSR count). The first-order valence-corrected chi connectivity index (χ1v) is 8.65. The number of terminal acetylenes is 1. The van der Waals surface area contributed by atoms with Gasteiger partial charge in [0, 0.05) is 13.0 Å². The van der Waals surface area contributed by atoms with E-state index in [2.05, 4.69) is 24.8 Å². The third-order valence-electron chi connectivity index (χ3n) is 3.47. The Kier molecular flexibility index (Phi) is 6.10. The molecule has 24 heavy (non-hydrogen) atoms. The number of thiazole rings is 1. The van der Waals surface area contributed by atoms with Crippen LogP contribution in [0, 0.1) is 31.0 Å². The number of carbonyl (C=O) groups is 1. The zero-order valence-electron chi connectivity index (χ0n) is 14.2. The summed E-state index contributed by atoms with van der Waals surface area (Å²) in [5.41, 5.74) is 1.58. The molecule has 3 nitrogen and oxygen atoms in total. The Morgan fingerprint density at radius 1 is 1.38 bits per heavy atom. The number of hydrogen-bond donors (Lipinski definition) is 0. The first kappa shape index (κ1) is 18.2. The summed E-state index contributed by atoms with van der Waals surface area (Å²) in [7, 11) is 0. The van der Waals surface area contributed by atoms with E-state index in [1.165, 1.54) is 23.5 Å². The van der Waals surface area contributed by atoms with Crippen LogP contribution in [-0.4, -0.2) is 22.3 Å². The SMILES string of the molecule is C#CCN(Cc1ccc(F)cc1)C(=O)c1sc(CC(C)C)nc1C. The van der Waals surface area contributed by atoms with Crippen molar-refractivity contribution in [1.29, 1.82) is 0 Å². The molecule has 0 saturated heterocycles. The summed E-state index contributed by atoms with van der Waals surface area (Å²) >= 11 is 1.43. The smallest absolute Gasteiger partial charge is 0.266 e. The highest BCUT2D eigenvalue weighted by Gasteiger charge is 2.21. The number of carbonyl (C=O) groups excluding carboxylic acids is 1. The molecule has 0 atom stereocenters. The molecule has 1 amide bonds. The number of halogens is 1. The van der Waals surface area contributed by atoms with Gasteiger partial charge in [-0.1, -0.05) is 31.9 Å². The zero-order valence-corrected chi connectivity index (χ0v) is 15.0. The van der Waals surface area contributed by atoms with Gasteiger partial charge in [-0.15, -0.1) is 17.8 Å². The Hall–Kier alpha value is -2.19. The van der Waals surface area contributed by atoms with Crippen LogP contribution >= 0.6 is 11.3 Å². The molecule has 0 aliphatic carbocycles. The van der Waals surface area contributed by atoms with Crippen molar-refractivity contribution in [3.63, 3.8) is 0 Å². The van der Waals surface area contributed by atoms with Crippen molar-refractivity contribution in [2.45, 2.75) is 33.7 Å². The van der Waals surface area contributed by atoms with Gasteiger partial charge in [0.1, 0.15) is 10.7 Å². The summed E-state index contributed by atoms with van der Waals surface area (Å²) in [4.78, 5) is 19.6. The highest BCUT2D eigenvalue weighted by molar-refractivity contribution is 7.13. The third-order valence-corrected chi connectivity index (χ3v) is 4.64. The van der Waals surface area contributed by atoms with E-state index >= 15 is 0 Å². The molecule has 0 radical (unpaired) electrons. The van der Waals surface area contributed by atoms with Crippen LogP contribution in [0.5, 0.6) is 0 Å². The van der Waals surface area contributed by atoms with Crippen molar-refractivity contribution in [2.75, 3.05) is 6.54 Å². The molecule has 0 fully saturated rings. The van der Waals surface area contributed by atoms with Crippen LogP contribution in [0.4, 0.5) is 4.39 Å². The van der Waals surface area contributed by atoms with Gasteiger partial charge < -0.3 is 4.90 Å². The van der Waals surface area contributed by atoms with E-state index in [1.807, 2.05) is 6.92 Å². The summed E-state index contributed by atoms with van der Waals surface area (Å²) < 4.78 is 13.0. The van der Waals surface area contributed by atoms with Crippen molar-refractivity contribution in [3.05, 3.63) is 51.2 Å². The fourth-order valence-corrected chi connectivity index (χ4v) is 3.60. The minimum atomic E-state index is -0.301. The van der Waals surface area contributed by atoms with Crippen molar-refractivity contribution >= 4 is 17.2 Å². The van der Waals surface area contributed by atoms with Gasteiger partial charge >= 0.3 is 0 Å². The topological polar surface area (TPSA) is 33.2 Å². The summed E-state index contributed by atoms with van der Waals surface area (Å²) in [5.74, 6) is 2.59. The van der Waals surface area contributed by atoms with Gasteiger partial charge in [0.15, 0.2) is 0 Å². The zero-order chi connectivity index (χ0) is 17.7. The average Bonchev–Trinajstić information content (AvgIpc) is 2.88. The molecule has 0 aliphatic rings. The highest BCUT2D eigenvalue weighted by Crippen LogP contribution is 2.23. The Morgan fingerprint density at radius 3 is 2.62 bits per heavy atom. The van der Waals surface area contributed by atoms with Gasteiger partial charge in [-0.2, -0.15) is 0 Å². The van der Waals surface area contributed by atoms with Gasteiger partial charge in [0.2, 0.25) is 0 Å². The molecule has 0 spiro atoms. The molecule has 1 aromatic carbocycles. The Labute approximate surface area is 146 Å². The summed E-state index contributed by atoms with van der Waals surface area (Å²) in [6, 6.07) is 6.09. The van der Waals surface area contributed by atoms with E-state index in [9.17, 15) is 9.18 Å². The number of aryl methyl sites for hydroxylation is 1. The van der Waals surface area contributed by atoms with Crippen molar-refractivity contribution < 1.29 is 9.18 Å². The van der Waals surface area contributed by atoms with E-state index in [-0.39, 0.29) is 18.3 Å². The standard InChI is InChI=1S/C19H21FN2OS/c1-5-10-22(12-15-6-8-16(20)9-7-15)19(23)18-14(4)21-17(24-18)11-13(2)3/h1,6-9,13H,10-12H2,2-4H3. The van der Waals surface area contributed by atoms with Gasteiger partial charge in [0.25, 0.3) is 5.91 Å². The lowest BCUT2D eigenvalue weighted by Crippen LogP contribution is -2.30. The molecule has 0 N–H and O–H groups in total. The lowest BCUT2D eigenvalue weighted by Gasteiger charge is -2.20. The van der Waals surface area contributed by atoms with Crippen molar-refractivity contribution in [2.24, 2.45) is 5.92 Å². The normalized spacial score (nSPS) is 10.7. The van der Waals surface area contributed by atoms with Crippen LogP contribution in [0.15, 0.2) is 24.3 Å². The minimum absolute atomic E-state index is 0.123. The van der Waals surface area contributed by atoms with E-state index in [0.717, 1.165) is 22.7 Å². The Morgan fingerprint density at radius 2 is 2.04 bits per heavy atom. The number of benzene rings is 1. The molecular weight excluding hydrogens is 323 g/mol. The molecule has 0 saturated carbocycles. The number of rotatable bonds is 6. The quantitative estimate of drug-likeness (QED) is 0.740. The second kappa shape index (κ2) is 8.07. The predicted molar refractivity (Wildman–Crippen MR) is 95.4 cm³/mol. The highest BCUT2D eigenvalue weighted by atomic mass is 32.1. The van der Waals surface area contributed by atoms with Crippen molar-refractivity contribution in [3.8, 4) is 12.3 Å². The van der Waals surface area contributed by atoms with E-state index < -0.39 is 0 Å². The molecule has 0 bridgehead atoms. The van der Waals surface area contributed by atoms with E-state index in [1.54, 1.807) is 17.0 Å². The van der Waals surface area contributed by atoms with E-state index in [0.29, 0.717) is 17.3 Å². The van der Waals surface area contributed by atoms with Gasteiger partial charge in [-0.05, 0) is 30.5 Å². The largest absolute Gasteiger partial charge is 0.322 e. The Balaban J connectivity index is 2.21. The van der Waals surface area contributed by atoms with Crippen LogP contribution in [0.2, 0.25) is 0 Å². The van der Waals surface area contributed by atoms with E-state index in [4.69, 9.17) is 6.42 Å². The molecular formula is C19H21FN2OS. The molecule has 5 heteroatoms. The average molecular weight is 344 g/mol. The van der Waals surface area contributed by atoms with Crippen LogP contribution in [-0.2, 0) is 13.0 Å². The second-order valence-corrected chi connectivity index (χ2v) is 7.20. The second-order valence-electron chi connectivity index (χ2n) is 6.11. The lowest BCUT2D eigenvalue weighted by molar-refractivity contribution is 0.0769. The van der Waals surface area contributed by atoms with Gasteiger partial charge in [-0.3, -0.25) is 4.79 Å². The first-order chi connectivity index (χ1) is 11.4. The van der Waals surface area contributed by atoms with Crippen LogP contribution in [0.25, 0.3) is 0 Å². The van der Waals surface area contributed by atoms with Gasteiger partial charge in [0.05, 0.1) is 17.2 Å². The predicted octanol–water partition coefficient (Wildman–Crippen LogP) is 4.06. The third kappa shape index (κ3) is 4.65. The molecule has 1 heterocycles. The number of aromatic nitrogens is 1. The molecule has 2 aromatic rings. The maximum atomic E-state index is 13.0. The summed E-state index contributed by atoms with van der Waals surface area (Å²) in [6.07, 6.45) is 6.27.